The first-order valence-corrected chi connectivity index (χ1v) is 15.6. The van der Waals surface area contributed by atoms with Gasteiger partial charge in [0.05, 0.1) is 22.7 Å². The van der Waals surface area contributed by atoms with Crippen molar-refractivity contribution >= 4 is 57.6 Å². The van der Waals surface area contributed by atoms with Gasteiger partial charge in [-0.3, -0.25) is 39.0 Å². The second-order valence-corrected chi connectivity index (χ2v) is 11.7. The lowest BCUT2D eigenvalue weighted by Gasteiger charge is -2.27. The molecule has 4 aromatic rings. The van der Waals surface area contributed by atoms with Crippen molar-refractivity contribution in [1.82, 2.24) is 15.5 Å². The number of fused-ring (bicyclic) bond motifs is 2. The number of carbonyl (C=O) groups excluding carboxylic acids is 6. The Labute approximate surface area is 275 Å². The van der Waals surface area contributed by atoms with Gasteiger partial charge in [-0.1, -0.05) is 48.5 Å². The van der Waals surface area contributed by atoms with Gasteiger partial charge in [-0.2, -0.15) is 0 Å². The van der Waals surface area contributed by atoms with Gasteiger partial charge in [-0.15, -0.1) is 0 Å². The van der Waals surface area contributed by atoms with Crippen LogP contribution in [0.5, 0.6) is 5.75 Å². The van der Waals surface area contributed by atoms with Crippen LogP contribution in [0.15, 0.2) is 78.9 Å². The van der Waals surface area contributed by atoms with Crippen LogP contribution in [0.25, 0.3) is 10.8 Å². The highest BCUT2D eigenvalue weighted by atomic mass is 16.3. The van der Waals surface area contributed by atoms with Crippen LogP contribution < -0.4 is 21.3 Å². The van der Waals surface area contributed by atoms with Gasteiger partial charge in [0.25, 0.3) is 17.7 Å². The van der Waals surface area contributed by atoms with Crippen LogP contribution in [0.4, 0.5) is 11.4 Å². The average Bonchev–Trinajstić information content (AvgIpc) is 3.33. The Balaban J connectivity index is 1.04. The third-order valence-electron chi connectivity index (χ3n) is 8.53. The molecule has 0 radical (unpaired) electrons. The number of nitrogens with one attached hydrogen (secondary N) is 4. The molecule has 48 heavy (non-hydrogen) atoms. The van der Waals surface area contributed by atoms with Crippen molar-refractivity contribution in [3.05, 3.63) is 101 Å². The van der Waals surface area contributed by atoms with Crippen LogP contribution in [0.1, 0.15) is 75.3 Å². The Morgan fingerprint density at radius 2 is 1.73 bits per heavy atom. The van der Waals surface area contributed by atoms with Gasteiger partial charge in [-0.05, 0) is 66.4 Å². The highest BCUT2D eigenvalue weighted by Gasteiger charge is 2.45. The number of nitrogens with zero attached hydrogens (tertiary/aromatic N) is 1. The van der Waals surface area contributed by atoms with E-state index in [-0.39, 0.29) is 53.7 Å². The van der Waals surface area contributed by atoms with E-state index in [2.05, 4.69) is 21.3 Å². The van der Waals surface area contributed by atoms with Crippen molar-refractivity contribution in [3.8, 4) is 5.75 Å². The minimum absolute atomic E-state index is 0.0186. The topological polar surface area (TPSA) is 174 Å². The Morgan fingerprint density at radius 1 is 0.958 bits per heavy atom. The molecule has 0 aromatic heterocycles. The van der Waals surface area contributed by atoms with Crippen LogP contribution in [0.2, 0.25) is 0 Å². The number of hydrogen-bond donors (Lipinski definition) is 5. The molecule has 2 heterocycles. The molecule has 1 unspecified atom stereocenters. The lowest BCUT2D eigenvalue weighted by atomic mass is 9.99. The van der Waals surface area contributed by atoms with Crippen molar-refractivity contribution in [3.63, 3.8) is 0 Å². The molecule has 2 aliphatic rings. The zero-order valence-corrected chi connectivity index (χ0v) is 26.0. The van der Waals surface area contributed by atoms with E-state index in [4.69, 9.17) is 0 Å². The largest absolute Gasteiger partial charge is 0.507 e. The SMILES string of the molecule is C[C@@H](NC(=O)c1cc(NC(=O)CCCNc2cccc3c2C(=O)N(C2CCC(=O)NC2=O)C3=O)ccc1O)c1cccc2ccccc12. The summed E-state index contributed by atoms with van der Waals surface area (Å²) in [5.41, 5.74) is 1.99. The molecule has 2 aliphatic heterocycles. The highest BCUT2D eigenvalue weighted by molar-refractivity contribution is 6.25. The molecule has 4 aromatic carbocycles. The van der Waals surface area contributed by atoms with E-state index < -0.39 is 35.6 Å². The molecule has 6 rings (SSSR count). The Morgan fingerprint density at radius 3 is 2.54 bits per heavy atom. The number of aromatic hydroxyl groups is 1. The third-order valence-corrected chi connectivity index (χ3v) is 8.53. The third kappa shape index (κ3) is 6.32. The quantitative estimate of drug-likeness (QED) is 0.0964. The highest BCUT2D eigenvalue weighted by Crippen LogP contribution is 2.32. The Hall–Kier alpha value is -6.04. The van der Waals surface area contributed by atoms with Crippen LogP contribution in [-0.4, -0.2) is 58.0 Å². The molecule has 0 bridgehead atoms. The first-order valence-electron chi connectivity index (χ1n) is 15.6. The molecule has 2 atom stereocenters. The summed E-state index contributed by atoms with van der Waals surface area (Å²) in [4.78, 5) is 77.1. The molecule has 0 saturated carbocycles. The van der Waals surface area contributed by atoms with Gasteiger partial charge in [0, 0.05) is 30.8 Å². The van der Waals surface area contributed by atoms with E-state index in [1.54, 1.807) is 12.1 Å². The predicted molar refractivity (Wildman–Crippen MR) is 177 cm³/mol. The molecular formula is C36H33N5O7. The zero-order valence-electron chi connectivity index (χ0n) is 26.0. The normalized spacial score (nSPS) is 16.4. The predicted octanol–water partition coefficient (Wildman–Crippen LogP) is 4.27. The lowest BCUT2D eigenvalue weighted by Crippen LogP contribution is -2.54. The summed E-state index contributed by atoms with van der Waals surface area (Å²) in [7, 11) is 0. The minimum atomic E-state index is -1.06. The Bertz CT molecular complexity index is 1990. The van der Waals surface area contributed by atoms with Crippen LogP contribution in [0, 0.1) is 0 Å². The molecule has 244 valence electrons. The maximum atomic E-state index is 13.3. The van der Waals surface area contributed by atoms with E-state index in [9.17, 15) is 33.9 Å². The fourth-order valence-corrected chi connectivity index (χ4v) is 6.13. The summed E-state index contributed by atoms with van der Waals surface area (Å²) in [6, 6.07) is 21.4. The van der Waals surface area contributed by atoms with E-state index in [1.807, 2.05) is 49.4 Å². The van der Waals surface area contributed by atoms with Crippen molar-refractivity contribution in [2.24, 2.45) is 0 Å². The summed E-state index contributed by atoms with van der Waals surface area (Å²) in [6.07, 6.45) is 0.548. The number of phenolic OH excluding ortho intramolecular Hbond substituents is 1. The molecule has 1 fully saturated rings. The van der Waals surface area contributed by atoms with E-state index in [0.717, 1.165) is 21.2 Å². The van der Waals surface area contributed by atoms with Gasteiger partial charge in [-0.25, -0.2) is 0 Å². The van der Waals surface area contributed by atoms with Crippen LogP contribution >= 0.6 is 0 Å². The maximum Gasteiger partial charge on any atom is 0.264 e. The number of amides is 6. The standard InChI is InChI=1S/C36H33N5O7/c1-20(23-10-4-8-21-7-2-3-9-24(21)23)38-33(45)26-19-22(14-16-29(26)42)39-30(43)13-6-18-37-27-12-5-11-25-32(27)36(48)41(35(25)47)28-15-17-31(44)40-34(28)46/h2-5,7-12,14,16,19-20,28,37,42H,6,13,15,17-18H2,1H3,(H,38,45)(H,39,43)(H,40,44,46)/t20-,28?/m1/s1. The smallest absolute Gasteiger partial charge is 0.264 e. The summed E-state index contributed by atoms with van der Waals surface area (Å²) < 4.78 is 0. The molecule has 1 saturated heterocycles. The van der Waals surface area contributed by atoms with Gasteiger partial charge in [0.15, 0.2) is 0 Å². The van der Waals surface area contributed by atoms with Crippen molar-refractivity contribution in [2.75, 3.05) is 17.2 Å². The summed E-state index contributed by atoms with van der Waals surface area (Å²) in [6.45, 7) is 2.15. The van der Waals surface area contributed by atoms with E-state index in [0.29, 0.717) is 24.3 Å². The number of rotatable bonds is 10. The van der Waals surface area contributed by atoms with E-state index >= 15 is 0 Å². The number of imide groups is 2. The average molecular weight is 648 g/mol. The first-order chi connectivity index (χ1) is 23.1. The number of benzene rings is 4. The van der Waals surface area contributed by atoms with E-state index in [1.165, 1.54) is 24.3 Å². The molecule has 5 N–H and O–H groups in total. The fourth-order valence-electron chi connectivity index (χ4n) is 6.13. The van der Waals surface area contributed by atoms with Gasteiger partial charge in [0.2, 0.25) is 17.7 Å². The number of piperidine rings is 1. The van der Waals surface area contributed by atoms with Gasteiger partial charge >= 0.3 is 0 Å². The molecule has 12 heteroatoms. The van der Waals surface area contributed by atoms with Crippen molar-refractivity contribution in [1.29, 1.82) is 0 Å². The second-order valence-electron chi connectivity index (χ2n) is 11.7. The zero-order chi connectivity index (χ0) is 33.9. The monoisotopic (exact) mass is 647 g/mol. The fraction of sp³-hybridized carbons (Fsp3) is 0.222. The maximum absolute atomic E-state index is 13.3. The number of hydrogen-bond acceptors (Lipinski definition) is 8. The molecule has 12 nitrogen and oxygen atoms in total. The van der Waals surface area contributed by atoms with Gasteiger partial charge < -0.3 is 21.1 Å². The minimum Gasteiger partial charge on any atom is -0.507 e. The lowest BCUT2D eigenvalue weighted by molar-refractivity contribution is -0.136. The number of phenols is 1. The van der Waals surface area contributed by atoms with Crippen molar-refractivity contribution < 1.29 is 33.9 Å². The van der Waals surface area contributed by atoms with Gasteiger partial charge in [0.1, 0.15) is 11.8 Å². The van der Waals surface area contributed by atoms with Crippen molar-refractivity contribution in [2.45, 2.75) is 44.7 Å². The molecule has 6 amide bonds. The molecule has 0 aliphatic carbocycles. The summed E-state index contributed by atoms with van der Waals surface area (Å²) >= 11 is 0. The summed E-state index contributed by atoms with van der Waals surface area (Å²) in [5, 5.41) is 23.5. The molecule has 0 spiro atoms. The molecular weight excluding hydrogens is 614 g/mol. The summed E-state index contributed by atoms with van der Waals surface area (Å²) in [5.74, 6) is -3.39. The number of carbonyl (C=O) groups is 6. The van der Waals surface area contributed by atoms with Crippen LogP contribution in [0.3, 0.4) is 0 Å². The second kappa shape index (κ2) is 13.4. The Kier molecular flexibility index (Phi) is 8.89. The van der Waals surface area contributed by atoms with Crippen LogP contribution in [-0.2, 0) is 14.4 Å². The number of anilines is 2. The first kappa shape index (κ1) is 31.9.